The molecule has 2 aromatic carbocycles. The third-order valence-corrected chi connectivity index (χ3v) is 8.49. The van der Waals surface area contributed by atoms with Gasteiger partial charge < -0.3 is 14.2 Å². The van der Waals surface area contributed by atoms with Crippen molar-refractivity contribution in [3.05, 3.63) is 63.0 Å². The minimum absolute atomic E-state index is 0.291. The van der Waals surface area contributed by atoms with E-state index in [-0.39, 0.29) is 11.1 Å². The highest BCUT2D eigenvalue weighted by Gasteiger charge is 2.60. The lowest BCUT2D eigenvalue weighted by Crippen LogP contribution is -2.63. The van der Waals surface area contributed by atoms with Gasteiger partial charge in [-0.1, -0.05) is 38.1 Å². The number of ether oxygens (including phenoxy) is 3. The molecule has 2 atom stereocenters. The monoisotopic (exact) mass is 531 g/mol. The van der Waals surface area contributed by atoms with Crippen LogP contribution in [0, 0.1) is 5.41 Å². The van der Waals surface area contributed by atoms with Crippen molar-refractivity contribution in [3.8, 4) is 11.5 Å². The molecule has 2 aliphatic rings. The Labute approximate surface area is 206 Å². The Morgan fingerprint density at radius 3 is 2.48 bits per heavy atom. The molecule has 0 radical (unpaired) electrons. The maximum absolute atomic E-state index is 11.8. The molecule has 2 aliphatic heterocycles. The number of benzene rings is 2. The zero-order valence-electron chi connectivity index (χ0n) is 19.2. The SMILES string of the molecule is COC1(C)c2ccccc2OC(C)(COc2ccc(/C=C3\SC(=O)NC3=O)cc2Br)C1(C)C. The first-order valence-corrected chi connectivity index (χ1v) is 12.1. The standard InChI is InChI=1S/C25H26BrNO5S/c1-23(2)24(3,32-18-9-7-6-8-16(18)25(23,4)30-5)14-31-19-11-10-15(12-17(19)26)13-20-21(28)27-22(29)33-20/h6-13H,14H2,1-5H3,(H,27,28,29)/b20-13-. The summed E-state index contributed by atoms with van der Waals surface area (Å²) in [5, 5.41) is 1.89. The number of thioether (sulfide) groups is 1. The molecule has 6 nitrogen and oxygen atoms in total. The fourth-order valence-corrected chi connectivity index (χ4v) is 5.44. The second-order valence-corrected chi connectivity index (χ2v) is 10.9. The molecule has 2 aromatic rings. The van der Waals surface area contributed by atoms with Crippen molar-refractivity contribution < 1.29 is 23.8 Å². The maximum atomic E-state index is 11.8. The number of halogens is 1. The number of amides is 2. The largest absolute Gasteiger partial charge is 0.488 e. The molecule has 8 heteroatoms. The Bertz CT molecular complexity index is 1160. The van der Waals surface area contributed by atoms with Crippen LogP contribution in [0.5, 0.6) is 11.5 Å². The van der Waals surface area contributed by atoms with Crippen molar-refractivity contribution >= 4 is 44.9 Å². The number of carbonyl (C=O) groups is 2. The highest BCUT2D eigenvalue weighted by molar-refractivity contribution is 9.10. The molecule has 0 spiro atoms. The Morgan fingerprint density at radius 2 is 1.85 bits per heavy atom. The molecule has 0 aromatic heterocycles. The van der Waals surface area contributed by atoms with Crippen molar-refractivity contribution in [2.45, 2.75) is 38.9 Å². The van der Waals surface area contributed by atoms with Gasteiger partial charge in [0.25, 0.3) is 11.1 Å². The first-order chi connectivity index (χ1) is 15.5. The van der Waals surface area contributed by atoms with Crippen LogP contribution in [0.3, 0.4) is 0 Å². The average molecular weight is 532 g/mol. The molecule has 1 saturated heterocycles. The summed E-state index contributed by atoms with van der Waals surface area (Å²) in [5.74, 6) is 1.05. The Balaban J connectivity index is 1.58. The van der Waals surface area contributed by atoms with Crippen LogP contribution in [0.25, 0.3) is 6.08 Å². The van der Waals surface area contributed by atoms with Crippen LogP contribution in [-0.4, -0.2) is 30.5 Å². The lowest BCUT2D eigenvalue weighted by Gasteiger charge is -2.57. The molecule has 2 unspecified atom stereocenters. The van der Waals surface area contributed by atoms with Crippen LogP contribution in [0.15, 0.2) is 51.8 Å². The molecule has 1 fully saturated rings. The van der Waals surface area contributed by atoms with E-state index in [4.69, 9.17) is 14.2 Å². The van der Waals surface area contributed by atoms with Gasteiger partial charge in [-0.3, -0.25) is 14.9 Å². The summed E-state index contributed by atoms with van der Waals surface area (Å²) in [7, 11) is 1.73. The van der Waals surface area contributed by atoms with E-state index < -0.39 is 16.6 Å². The predicted octanol–water partition coefficient (Wildman–Crippen LogP) is 5.89. The van der Waals surface area contributed by atoms with Gasteiger partial charge in [0, 0.05) is 18.1 Å². The Kier molecular flexibility index (Phi) is 6.14. The van der Waals surface area contributed by atoms with E-state index >= 15 is 0 Å². The quantitative estimate of drug-likeness (QED) is 0.484. The van der Waals surface area contributed by atoms with Gasteiger partial charge in [-0.05, 0) is 71.4 Å². The smallest absolute Gasteiger partial charge is 0.290 e. The second kappa shape index (κ2) is 8.49. The van der Waals surface area contributed by atoms with Gasteiger partial charge in [-0.15, -0.1) is 0 Å². The minimum atomic E-state index is -0.689. The number of fused-ring (bicyclic) bond motifs is 1. The molecule has 0 bridgehead atoms. The zero-order valence-corrected chi connectivity index (χ0v) is 21.6. The van der Waals surface area contributed by atoms with Crippen LogP contribution in [0.4, 0.5) is 4.79 Å². The number of para-hydroxylation sites is 1. The number of hydrogen-bond donors (Lipinski definition) is 1. The summed E-state index contributed by atoms with van der Waals surface area (Å²) in [4.78, 5) is 23.5. The molecule has 1 N–H and O–H groups in total. The first-order valence-electron chi connectivity index (χ1n) is 10.5. The number of carbonyl (C=O) groups excluding carboxylic acids is 2. The maximum Gasteiger partial charge on any atom is 0.290 e. The first kappa shape index (κ1) is 23.9. The third-order valence-electron chi connectivity index (χ3n) is 7.06. The van der Waals surface area contributed by atoms with E-state index in [1.165, 1.54) is 0 Å². The van der Waals surface area contributed by atoms with Crippen molar-refractivity contribution in [3.63, 3.8) is 0 Å². The van der Waals surface area contributed by atoms with Gasteiger partial charge in [-0.2, -0.15) is 0 Å². The normalized spacial score (nSPS) is 27.2. The molecular formula is C25H26BrNO5S. The highest BCUT2D eigenvalue weighted by atomic mass is 79.9. The second-order valence-electron chi connectivity index (χ2n) is 9.02. The lowest BCUT2D eigenvalue weighted by atomic mass is 9.60. The summed E-state index contributed by atoms with van der Waals surface area (Å²) in [6, 6.07) is 13.5. The highest BCUT2D eigenvalue weighted by Crippen LogP contribution is 2.56. The summed E-state index contributed by atoms with van der Waals surface area (Å²) < 4.78 is 19.6. The number of nitrogens with one attached hydrogen (secondary N) is 1. The third kappa shape index (κ3) is 3.98. The minimum Gasteiger partial charge on any atom is -0.488 e. The van der Waals surface area contributed by atoms with E-state index in [0.717, 1.165) is 33.1 Å². The van der Waals surface area contributed by atoms with Gasteiger partial charge in [0.05, 0.1) is 9.38 Å². The van der Waals surface area contributed by atoms with Crippen LogP contribution in [0.2, 0.25) is 0 Å². The van der Waals surface area contributed by atoms with E-state index in [9.17, 15) is 9.59 Å². The van der Waals surface area contributed by atoms with Gasteiger partial charge >= 0.3 is 0 Å². The molecule has 174 valence electrons. The van der Waals surface area contributed by atoms with Gasteiger partial charge in [0.2, 0.25) is 0 Å². The van der Waals surface area contributed by atoms with Crippen LogP contribution in [-0.2, 0) is 15.1 Å². The zero-order chi connectivity index (χ0) is 24.0. The lowest BCUT2D eigenvalue weighted by molar-refractivity contribution is -0.201. The average Bonchev–Trinajstić information content (AvgIpc) is 3.08. The fourth-order valence-electron chi connectivity index (χ4n) is 4.25. The number of hydrogen-bond acceptors (Lipinski definition) is 6. The van der Waals surface area contributed by atoms with E-state index in [2.05, 4.69) is 42.0 Å². The number of imide groups is 1. The predicted molar refractivity (Wildman–Crippen MR) is 132 cm³/mol. The molecule has 2 amide bonds. The van der Waals surface area contributed by atoms with Gasteiger partial charge in [0.1, 0.15) is 29.3 Å². The van der Waals surface area contributed by atoms with Gasteiger partial charge in [-0.25, -0.2) is 0 Å². The van der Waals surface area contributed by atoms with Gasteiger partial charge in [0.15, 0.2) is 0 Å². The Hall–Kier alpha value is -2.29. The van der Waals surface area contributed by atoms with Crippen LogP contribution in [0.1, 0.15) is 38.8 Å². The van der Waals surface area contributed by atoms with E-state index in [1.54, 1.807) is 13.2 Å². The topological polar surface area (TPSA) is 73.9 Å². The summed E-state index contributed by atoms with van der Waals surface area (Å²) in [6.07, 6.45) is 1.68. The summed E-state index contributed by atoms with van der Waals surface area (Å²) >= 11 is 4.45. The number of methoxy groups -OCH3 is 1. The molecule has 33 heavy (non-hydrogen) atoms. The summed E-state index contributed by atoms with van der Waals surface area (Å²) in [6.45, 7) is 8.68. The van der Waals surface area contributed by atoms with Crippen molar-refractivity contribution in [1.29, 1.82) is 0 Å². The Morgan fingerprint density at radius 1 is 1.12 bits per heavy atom. The molecular weight excluding hydrogens is 506 g/mol. The van der Waals surface area contributed by atoms with Crippen LogP contribution < -0.4 is 14.8 Å². The van der Waals surface area contributed by atoms with E-state index in [1.807, 2.05) is 49.4 Å². The van der Waals surface area contributed by atoms with Crippen molar-refractivity contribution in [2.24, 2.45) is 5.41 Å². The molecule has 2 heterocycles. The van der Waals surface area contributed by atoms with Crippen LogP contribution >= 0.6 is 27.7 Å². The molecule has 4 rings (SSSR count). The van der Waals surface area contributed by atoms with E-state index in [0.29, 0.717) is 17.3 Å². The van der Waals surface area contributed by atoms with Crippen molar-refractivity contribution in [1.82, 2.24) is 5.32 Å². The fraction of sp³-hybridized carbons (Fsp3) is 0.360. The summed E-state index contributed by atoms with van der Waals surface area (Å²) in [5.41, 5.74) is 0.0956. The number of rotatable bonds is 5. The molecule has 0 aliphatic carbocycles. The molecule has 0 saturated carbocycles. The van der Waals surface area contributed by atoms with Crippen molar-refractivity contribution in [2.75, 3.05) is 13.7 Å².